The molecular weight excluding hydrogens is 362 g/mol. The molecule has 2 rings (SSSR count). The Morgan fingerprint density at radius 3 is 2.44 bits per heavy atom. The number of sulfonamides is 1. The average molecular weight is 396 g/mol. The number of nitrogens with zero attached hydrogens (tertiary/aromatic N) is 2. The van der Waals surface area contributed by atoms with E-state index in [1.54, 1.807) is 24.3 Å². The van der Waals surface area contributed by atoms with E-state index in [0.717, 1.165) is 31.2 Å². The minimum absolute atomic E-state index is 0.260. The van der Waals surface area contributed by atoms with Crippen molar-refractivity contribution >= 4 is 16.0 Å². The molecule has 2 unspecified atom stereocenters. The first-order chi connectivity index (χ1) is 12.8. The van der Waals surface area contributed by atoms with Gasteiger partial charge in [-0.2, -0.15) is 0 Å². The third kappa shape index (κ3) is 5.92. The van der Waals surface area contributed by atoms with Crippen molar-refractivity contribution in [2.24, 2.45) is 10.9 Å². The molecule has 2 atom stereocenters. The second kappa shape index (κ2) is 9.52. The van der Waals surface area contributed by atoms with E-state index in [9.17, 15) is 8.42 Å². The summed E-state index contributed by atoms with van der Waals surface area (Å²) in [5.41, 5.74) is 0.963. The maximum Gasteiger partial charge on any atom is 0.240 e. The second-order valence-electron chi connectivity index (χ2n) is 7.32. The Hall–Kier alpha value is -1.64. The number of hydrogen-bond donors (Lipinski definition) is 3. The van der Waals surface area contributed by atoms with Gasteiger partial charge in [-0.15, -0.1) is 0 Å². The van der Waals surface area contributed by atoms with Gasteiger partial charge in [0.15, 0.2) is 5.96 Å². The predicted molar refractivity (Wildman–Crippen MR) is 110 cm³/mol. The summed E-state index contributed by atoms with van der Waals surface area (Å²) in [6, 6.07) is 7.73. The van der Waals surface area contributed by atoms with Crippen LogP contribution >= 0.6 is 0 Å². The first-order valence-electron chi connectivity index (χ1n) is 9.58. The fourth-order valence-corrected chi connectivity index (χ4v) is 3.90. The smallest absolute Gasteiger partial charge is 0.240 e. The minimum atomic E-state index is -3.40. The minimum Gasteiger partial charge on any atom is -0.357 e. The van der Waals surface area contributed by atoms with Gasteiger partial charge in [-0.05, 0) is 51.4 Å². The van der Waals surface area contributed by atoms with E-state index in [1.165, 1.54) is 7.05 Å². The van der Waals surface area contributed by atoms with Crippen LogP contribution in [0.25, 0.3) is 0 Å². The SMILES string of the molecule is CCNC(=NCc1ccc(S(=O)(=O)NC)cc1)NC1CN(C(C)C)CC1C. The fourth-order valence-electron chi connectivity index (χ4n) is 3.17. The summed E-state index contributed by atoms with van der Waals surface area (Å²) >= 11 is 0. The van der Waals surface area contributed by atoms with Gasteiger partial charge >= 0.3 is 0 Å². The van der Waals surface area contributed by atoms with Crippen LogP contribution in [0.15, 0.2) is 34.2 Å². The highest BCUT2D eigenvalue weighted by atomic mass is 32.2. The normalized spacial score (nSPS) is 21.6. The van der Waals surface area contributed by atoms with Crippen LogP contribution < -0.4 is 15.4 Å². The zero-order chi connectivity index (χ0) is 20.0. The molecule has 1 saturated heterocycles. The lowest BCUT2D eigenvalue weighted by molar-refractivity contribution is 0.265. The molecular formula is C19H33N5O2S. The number of rotatable bonds is 7. The van der Waals surface area contributed by atoms with Gasteiger partial charge in [0.1, 0.15) is 0 Å². The van der Waals surface area contributed by atoms with Gasteiger partial charge in [-0.1, -0.05) is 19.1 Å². The quantitative estimate of drug-likeness (QED) is 0.480. The maximum absolute atomic E-state index is 11.8. The van der Waals surface area contributed by atoms with Crippen molar-refractivity contribution in [2.45, 2.75) is 51.2 Å². The van der Waals surface area contributed by atoms with Crippen LogP contribution in [0.1, 0.15) is 33.3 Å². The summed E-state index contributed by atoms with van der Waals surface area (Å²) < 4.78 is 25.9. The van der Waals surface area contributed by atoms with E-state index in [0.29, 0.717) is 24.5 Å². The van der Waals surface area contributed by atoms with Crippen molar-refractivity contribution in [1.82, 2.24) is 20.3 Å². The molecule has 1 aromatic carbocycles. The lowest BCUT2D eigenvalue weighted by atomic mass is 10.1. The first kappa shape index (κ1) is 21.7. The van der Waals surface area contributed by atoms with Crippen LogP contribution in [-0.2, 0) is 16.6 Å². The standard InChI is InChI=1S/C19H33N5O2S/c1-6-21-19(23-18-13-24(14(2)3)12-15(18)4)22-11-16-7-9-17(10-8-16)27(25,26)20-5/h7-10,14-15,18,20H,6,11-13H2,1-5H3,(H2,21,22,23). The largest absolute Gasteiger partial charge is 0.357 e. The Kier molecular flexibility index (Phi) is 7.64. The van der Waals surface area contributed by atoms with Gasteiger partial charge in [0, 0.05) is 31.7 Å². The van der Waals surface area contributed by atoms with Crippen LogP contribution in [0, 0.1) is 5.92 Å². The number of hydrogen-bond acceptors (Lipinski definition) is 4. The molecule has 1 aliphatic heterocycles. The van der Waals surface area contributed by atoms with E-state index >= 15 is 0 Å². The maximum atomic E-state index is 11.8. The van der Waals surface area contributed by atoms with Gasteiger partial charge in [0.2, 0.25) is 10.0 Å². The number of benzene rings is 1. The topological polar surface area (TPSA) is 85.8 Å². The molecule has 8 heteroatoms. The molecule has 0 aromatic heterocycles. The highest BCUT2D eigenvalue weighted by Gasteiger charge is 2.31. The molecule has 0 radical (unpaired) electrons. The molecule has 0 spiro atoms. The molecule has 3 N–H and O–H groups in total. The summed E-state index contributed by atoms with van der Waals surface area (Å²) in [6.07, 6.45) is 0. The molecule has 1 fully saturated rings. The second-order valence-corrected chi connectivity index (χ2v) is 9.21. The molecule has 27 heavy (non-hydrogen) atoms. The Labute approximate surface area is 163 Å². The Balaban J connectivity index is 2.03. The number of aliphatic imine (C=N–C) groups is 1. The summed E-state index contributed by atoms with van der Waals surface area (Å²) in [4.78, 5) is 7.41. The third-order valence-electron chi connectivity index (χ3n) is 4.96. The highest BCUT2D eigenvalue weighted by Crippen LogP contribution is 2.18. The molecule has 0 aliphatic carbocycles. The fraction of sp³-hybridized carbons (Fsp3) is 0.632. The van der Waals surface area contributed by atoms with Crippen LogP contribution in [0.4, 0.5) is 0 Å². The van der Waals surface area contributed by atoms with Crippen molar-refractivity contribution in [3.63, 3.8) is 0 Å². The van der Waals surface area contributed by atoms with Gasteiger partial charge in [0.25, 0.3) is 0 Å². The highest BCUT2D eigenvalue weighted by molar-refractivity contribution is 7.89. The van der Waals surface area contributed by atoms with Crippen molar-refractivity contribution < 1.29 is 8.42 Å². The molecule has 1 aromatic rings. The lowest BCUT2D eigenvalue weighted by Crippen LogP contribution is -2.46. The summed E-state index contributed by atoms with van der Waals surface area (Å²) in [5, 5.41) is 6.86. The van der Waals surface area contributed by atoms with E-state index in [2.05, 4.69) is 46.0 Å². The van der Waals surface area contributed by atoms with Gasteiger partial charge in [0.05, 0.1) is 11.4 Å². The Morgan fingerprint density at radius 2 is 1.93 bits per heavy atom. The van der Waals surface area contributed by atoms with Gasteiger partial charge in [-0.3, -0.25) is 4.90 Å². The van der Waals surface area contributed by atoms with Crippen molar-refractivity contribution in [3.8, 4) is 0 Å². The van der Waals surface area contributed by atoms with E-state index < -0.39 is 10.0 Å². The molecule has 0 amide bonds. The zero-order valence-electron chi connectivity index (χ0n) is 17.0. The van der Waals surface area contributed by atoms with E-state index in [-0.39, 0.29) is 4.90 Å². The number of nitrogens with one attached hydrogen (secondary N) is 3. The molecule has 1 aliphatic rings. The molecule has 7 nitrogen and oxygen atoms in total. The van der Waals surface area contributed by atoms with Crippen molar-refractivity contribution in [2.75, 3.05) is 26.7 Å². The van der Waals surface area contributed by atoms with Crippen molar-refractivity contribution in [1.29, 1.82) is 0 Å². The monoisotopic (exact) mass is 395 g/mol. The number of likely N-dealkylation sites (tertiary alicyclic amines) is 1. The van der Waals surface area contributed by atoms with E-state index in [1.807, 2.05) is 6.92 Å². The number of guanidine groups is 1. The van der Waals surface area contributed by atoms with Gasteiger partial charge in [-0.25, -0.2) is 18.1 Å². The van der Waals surface area contributed by atoms with Crippen molar-refractivity contribution in [3.05, 3.63) is 29.8 Å². The predicted octanol–water partition coefficient (Wildman–Crippen LogP) is 1.38. The van der Waals surface area contributed by atoms with Crippen LogP contribution in [0.2, 0.25) is 0 Å². The summed E-state index contributed by atoms with van der Waals surface area (Å²) in [6.45, 7) is 12.2. The molecule has 152 valence electrons. The lowest BCUT2D eigenvalue weighted by Gasteiger charge is -2.22. The zero-order valence-corrected chi connectivity index (χ0v) is 17.8. The third-order valence-corrected chi connectivity index (χ3v) is 6.39. The average Bonchev–Trinajstić information content (AvgIpc) is 3.01. The van der Waals surface area contributed by atoms with Crippen LogP contribution in [0.5, 0.6) is 0 Å². The molecule has 0 bridgehead atoms. The van der Waals surface area contributed by atoms with E-state index in [4.69, 9.17) is 0 Å². The summed E-state index contributed by atoms with van der Waals surface area (Å²) in [5.74, 6) is 1.36. The summed E-state index contributed by atoms with van der Waals surface area (Å²) in [7, 11) is -2.00. The Bertz CT molecular complexity index is 731. The Morgan fingerprint density at radius 1 is 1.26 bits per heavy atom. The molecule has 0 saturated carbocycles. The van der Waals surface area contributed by atoms with Crippen LogP contribution in [-0.4, -0.2) is 58.0 Å². The van der Waals surface area contributed by atoms with Crippen LogP contribution in [0.3, 0.4) is 0 Å². The first-order valence-corrected chi connectivity index (χ1v) is 11.1. The van der Waals surface area contributed by atoms with Gasteiger partial charge < -0.3 is 10.6 Å². The molecule has 1 heterocycles.